The highest BCUT2D eigenvalue weighted by Crippen LogP contribution is 2.10. The summed E-state index contributed by atoms with van der Waals surface area (Å²) in [5.74, 6) is -0.678. The van der Waals surface area contributed by atoms with Gasteiger partial charge in [-0.15, -0.1) is 0 Å². The van der Waals surface area contributed by atoms with E-state index in [1.807, 2.05) is 0 Å². The van der Waals surface area contributed by atoms with Crippen molar-refractivity contribution in [3.8, 4) is 0 Å². The van der Waals surface area contributed by atoms with Gasteiger partial charge in [-0.05, 0) is 148 Å². The van der Waals surface area contributed by atoms with Gasteiger partial charge in [-0.25, -0.2) is 0 Å². The van der Waals surface area contributed by atoms with Crippen LogP contribution in [0.5, 0.6) is 0 Å². The third kappa shape index (κ3) is 59.0. The molecule has 0 rings (SSSR count). The van der Waals surface area contributed by atoms with Crippen molar-refractivity contribution < 1.29 is 24.2 Å². The van der Waals surface area contributed by atoms with Crippen LogP contribution in [0.4, 0.5) is 0 Å². The fourth-order valence-electron chi connectivity index (χ4n) is 6.85. The van der Waals surface area contributed by atoms with E-state index < -0.39 is 6.10 Å². The van der Waals surface area contributed by atoms with Gasteiger partial charge >= 0.3 is 11.9 Å². The van der Waals surface area contributed by atoms with Gasteiger partial charge in [-0.2, -0.15) is 0 Å². The van der Waals surface area contributed by atoms with Crippen LogP contribution in [-0.2, 0) is 19.1 Å². The van der Waals surface area contributed by atoms with Crippen molar-refractivity contribution in [3.63, 3.8) is 0 Å². The normalized spacial score (nSPS) is 13.8. The molecular weight excluding hydrogens is 909 g/mol. The molecule has 0 aromatic rings. The molecule has 0 aromatic carbocycles. The highest BCUT2D eigenvalue weighted by atomic mass is 16.6. The van der Waals surface area contributed by atoms with Crippen molar-refractivity contribution in [2.45, 2.75) is 200 Å². The van der Waals surface area contributed by atoms with Crippen molar-refractivity contribution in [2.24, 2.45) is 0 Å². The number of hydrogen-bond donors (Lipinski definition) is 1. The van der Waals surface area contributed by atoms with E-state index in [1.54, 1.807) is 0 Å². The Morgan fingerprint density at radius 3 is 0.811 bits per heavy atom. The molecular formula is C69H102O5. The molecule has 5 nitrogen and oxygen atoms in total. The number of rotatable bonds is 49. The van der Waals surface area contributed by atoms with Gasteiger partial charge in [0, 0.05) is 12.8 Å². The van der Waals surface area contributed by atoms with Crippen molar-refractivity contribution >= 4 is 11.9 Å². The van der Waals surface area contributed by atoms with Gasteiger partial charge in [-0.1, -0.05) is 240 Å². The Kier molecular flexibility index (Phi) is 57.2. The highest BCUT2D eigenvalue weighted by molar-refractivity contribution is 5.70. The predicted octanol–water partition coefficient (Wildman–Crippen LogP) is 19.9. The van der Waals surface area contributed by atoms with E-state index in [1.165, 1.54) is 0 Å². The van der Waals surface area contributed by atoms with Crippen LogP contribution in [0.1, 0.15) is 194 Å². The van der Waals surface area contributed by atoms with Crippen LogP contribution in [0.15, 0.2) is 207 Å². The smallest absolute Gasteiger partial charge is 0.306 e. The van der Waals surface area contributed by atoms with Gasteiger partial charge in [-0.3, -0.25) is 9.59 Å². The zero-order valence-corrected chi connectivity index (χ0v) is 46.5. The van der Waals surface area contributed by atoms with Crippen LogP contribution < -0.4 is 0 Å². The van der Waals surface area contributed by atoms with Gasteiger partial charge < -0.3 is 14.6 Å². The van der Waals surface area contributed by atoms with Gasteiger partial charge in [0.05, 0.1) is 6.61 Å². The summed E-state index contributed by atoms with van der Waals surface area (Å²) in [4.78, 5) is 24.5. The first-order valence-electron chi connectivity index (χ1n) is 28.6. The van der Waals surface area contributed by atoms with Crippen molar-refractivity contribution in [3.05, 3.63) is 207 Å². The van der Waals surface area contributed by atoms with E-state index in [9.17, 15) is 14.7 Å². The SMILES string of the molecule is CC/C=C\C/C=C\C/C=C\C/C=C\C/C=C\C/C=C\C/C=C\C/C=C\C/C=C\C/C=C\C/C=C\CCCCCC(=O)OC(CO)COC(=O)CCCCCC/C=C\C/C=C\C/C=C\C/C=C\C/C=C\C/C=C\CC. The van der Waals surface area contributed by atoms with Gasteiger partial charge in [0.1, 0.15) is 6.61 Å². The molecule has 0 bridgehead atoms. The molecule has 0 spiro atoms. The fraction of sp³-hybridized carbons (Fsp3) is 0.478. The van der Waals surface area contributed by atoms with Crippen LogP contribution in [0.3, 0.4) is 0 Å². The Hall–Kier alpha value is -5.52. The number of carbonyl (C=O) groups is 2. The molecule has 0 heterocycles. The number of esters is 2. The quantitative estimate of drug-likeness (QED) is 0.0373. The van der Waals surface area contributed by atoms with E-state index in [0.29, 0.717) is 12.8 Å². The van der Waals surface area contributed by atoms with Crippen molar-refractivity contribution in [1.29, 1.82) is 0 Å². The zero-order chi connectivity index (χ0) is 53.4. The first kappa shape index (κ1) is 68.5. The molecule has 0 saturated carbocycles. The third-order valence-electron chi connectivity index (χ3n) is 11.1. The van der Waals surface area contributed by atoms with Crippen molar-refractivity contribution in [2.75, 3.05) is 13.2 Å². The minimum atomic E-state index is -0.820. The van der Waals surface area contributed by atoms with E-state index in [4.69, 9.17) is 9.47 Å². The summed E-state index contributed by atoms with van der Waals surface area (Å²) >= 11 is 0. The maximum absolute atomic E-state index is 12.3. The lowest BCUT2D eigenvalue weighted by Crippen LogP contribution is -2.28. The fourth-order valence-corrected chi connectivity index (χ4v) is 6.85. The molecule has 0 aliphatic carbocycles. The molecule has 1 atom stereocenters. The second kappa shape index (κ2) is 61.8. The van der Waals surface area contributed by atoms with E-state index in [2.05, 4.69) is 220 Å². The Morgan fingerprint density at radius 1 is 0.311 bits per heavy atom. The summed E-state index contributed by atoms with van der Waals surface area (Å²) in [5.41, 5.74) is 0. The summed E-state index contributed by atoms with van der Waals surface area (Å²) in [6.07, 6.45) is 101. The second-order valence-electron chi connectivity index (χ2n) is 17.9. The van der Waals surface area contributed by atoms with Crippen LogP contribution in [0.25, 0.3) is 0 Å². The molecule has 1 unspecified atom stereocenters. The Balaban J connectivity index is 3.74. The average Bonchev–Trinajstić information content (AvgIpc) is 3.40. The van der Waals surface area contributed by atoms with Gasteiger partial charge in [0.15, 0.2) is 6.10 Å². The lowest BCUT2D eigenvalue weighted by molar-refractivity contribution is -0.161. The first-order valence-corrected chi connectivity index (χ1v) is 28.6. The molecule has 0 aromatic heterocycles. The Morgan fingerprint density at radius 2 is 0.541 bits per heavy atom. The number of hydrogen-bond acceptors (Lipinski definition) is 5. The van der Waals surface area contributed by atoms with E-state index >= 15 is 0 Å². The summed E-state index contributed by atoms with van der Waals surface area (Å²) < 4.78 is 10.6. The largest absolute Gasteiger partial charge is 0.462 e. The zero-order valence-electron chi connectivity index (χ0n) is 46.5. The highest BCUT2D eigenvalue weighted by Gasteiger charge is 2.16. The molecule has 1 N–H and O–H groups in total. The lowest BCUT2D eigenvalue weighted by Gasteiger charge is -2.15. The average molecular weight is 1010 g/mol. The number of carbonyl (C=O) groups excluding carboxylic acids is 2. The Labute approximate surface area is 453 Å². The maximum atomic E-state index is 12.3. The third-order valence-corrected chi connectivity index (χ3v) is 11.1. The summed E-state index contributed by atoms with van der Waals surface area (Å²) in [6, 6.07) is 0. The van der Waals surface area contributed by atoms with Crippen LogP contribution >= 0.6 is 0 Å². The second-order valence-corrected chi connectivity index (χ2v) is 17.9. The molecule has 0 aliphatic heterocycles. The topological polar surface area (TPSA) is 72.8 Å². The molecule has 0 aliphatic rings. The van der Waals surface area contributed by atoms with Crippen LogP contribution in [0, 0.1) is 0 Å². The summed E-state index contributed by atoms with van der Waals surface area (Å²) in [5, 5.41) is 9.65. The molecule has 408 valence electrons. The minimum absolute atomic E-state index is 0.109. The van der Waals surface area contributed by atoms with Crippen molar-refractivity contribution in [1.82, 2.24) is 0 Å². The molecule has 0 amide bonds. The monoisotopic (exact) mass is 1010 g/mol. The molecule has 0 saturated heterocycles. The molecule has 0 radical (unpaired) electrons. The lowest BCUT2D eigenvalue weighted by atomic mass is 10.1. The number of ether oxygens (including phenoxy) is 2. The standard InChI is InChI=1S/C69H102O5/c1-3-5-7-9-11-13-15-17-19-21-23-25-27-28-29-30-31-32-33-34-35-36-37-38-39-40-42-44-46-48-50-52-54-56-58-60-62-64-69(72)74-67(65-70)66-73-68(71)63-61-59-57-55-53-51-49-47-45-43-41-26-24-22-20-18-16-14-12-10-8-6-4-2/h5-8,11-14,17-20,23-26,28-29,31-32,34-35,37-38,40,42-43,45-46,48-49,51-52,54,67,70H,3-4,9-10,15-16,21-22,27,30,33,36,39,41,44,47,50,53,55-66H2,1-2H3/b7-5-,8-6-,13-11-,14-12-,19-17-,20-18-,25-23-,26-24-,29-28-,32-31-,35-34-,38-37-,42-40-,45-43-,48-46-,51-49-,54-52-. The van der Waals surface area contributed by atoms with Crippen LogP contribution in [-0.4, -0.2) is 36.4 Å². The number of aliphatic hydroxyl groups is 1. The molecule has 0 fully saturated rings. The number of aliphatic hydroxyl groups excluding tert-OH is 1. The number of unbranched alkanes of at least 4 members (excludes halogenated alkanes) is 7. The minimum Gasteiger partial charge on any atom is -0.462 e. The maximum Gasteiger partial charge on any atom is 0.306 e. The van der Waals surface area contributed by atoms with Gasteiger partial charge in [0.25, 0.3) is 0 Å². The van der Waals surface area contributed by atoms with Crippen LogP contribution in [0.2, 0.25) is 0 Å². The summed E-state index contributed by atoms with van der Waals surface area (Å²) in [7, 11) is 0. The first-order chi connectivity index (χ1) is 36.6. The summed E-state index contributed by atoms with van der Waals surface area (Å²) in [6.45, 7) is 3.84. The predicted molar refractivity (Wildman–Crippen MR) is 324 cm³/mol. The molecule has 74 heavy (non-hydrogen) atoms. The number of allylic oxidation sites excluding steroid dienone is 34. The Bertz CT molecular complexity index is 1810. The van der Waals surface area contributed by atoms with E-state index in [0.717, 1.165) is 167 Å². The van der Waals surface area contributed by atoms with E-state index in [-0.39, 0.29) is 25.2 Å². The molecule has 5 heteroatoms. The van der Waals surface area contributed by atoms with Gasteiger partial charge in [0.2, 0.25) is 0 Å².